The summed E-state index contributed by atoms with van der Waals surface area (Å²) >= 11 is 12.5. The number of halogens is 2. The van der Waals surface area contributed by atoms with Crippen LogP contribution in [0.15, 0.2) is 12.1 Å². The Morgan fingerprint density at radius 2 is 1.06 bits per heavy atom. The van der Waals surface area contributed by atoms with Crippen molar-refractivity contribution in [3.8, 4) is 0 Å². The van der Waals surface area contributed by atoms with Crippen molar-refractivity contribution in [2.75, 3.05) is 0 Å². The Morgan fingerprint density at radius 1 is 0.688 bits per heavy atom. The molecule has 0 radical (unpaired) electrons. The first kappa shape index (κ1) is 11.8. The Labute approximate surface area is 106 Å². The molecule has 0 bridgehead atoms. The van der Waals surface area contributed by atoms with Gasteiger partial charge in [0.2, 0.25) is 0 Å². The predicted molar refractivity (Wildman–Crippen MR) is 72.9 cm³/mol. The highest BCUT2D eigenvalue weighted by Gasteiger charge is 2.12. The van der Waals surface area contributed by atoms with E-state index >= 15 is 0 Å². The third kappa shape index (κ3) is 1.61. The van der Waals surface area contributed by atoms with Crippen molar-refractivity contribution in [3.05, 3.63) is 44.4 Å². The molecule has 84 valence electrons. The Bertz CT molecular complexity index is 535. The molecule has 0 saturated carbocycles. The van der Waals surface area contributed by atoms with E-state index in [-0.39, 0.29) is 0 Å². The van der Waals surface area contributed by atoms with Gasteiger partial charge in [-0.05, 0) is 72.9 Å². The van der Waals surface area contributed by atoms with Crippen molar-refractivity contribution in [3.63, 3.8) is 0 Å². The molecule has 0 saturated heterocycles. The lowest BCUT2D eigenvalue weighted by Crippen LogP contribution is -1.92. The summed E-state index contributed by atoms with van der Waals surface area (Å²) in [5, 5.41) is 4.11. The average molecular weight is 253 g/mol. The molecule has 0 N–H and O–H groups in total. The first-order valence-electron chi connectivity index (χ1n) is 5.28. The van der Waals surface area contributed by atoms with E-state index in [1.165, 1.54) is 21.9 Å². The number of benzene rings is 2. The molecule has 2 aromatic carbocycles. The number of hydrogen-bond acceptors (Lipinski definition) is 0. The summed E-state index contributed by atoms with van der Waals surface area (Å²) in [4.78, 5) is 0. The standard InChI is InChI=1S/C14H14Cl2/c1-7-5-11(15)9(3)14-10(4)12(16)6-8(2)13(7)14/h5-6H,1-4H3. The quantitative estimate of drug-likeness (QED) is 0.591. The zero-order valence-electron chi connectivity index (χ0n) is 9.91. The van der Waals surface area contributed by atoms with Gasteiger partial charge >= 0.3 is 0 Å². The third-order valence-corrected chi connectivity index (χ3v) is 3.98. The lowest BCUT2D eigenvalue weighted by molar-refractivity contribution is 1.38. The lowest BCUT2D eigenvalue weighted by Gasteiger charge is -2.14. The molecule has 0 aliphatic carbocycles. The smallest absolute Gasteiger partial charge is 0.0444 e. The van der Waals surface area contributed by atoms with E-state index in [9.17, 15) is 0 Å². The van der Waals surface area contributed by atoms with Gasteiger partial charge in [0.25, 0.3) is 0 Å². The fourth-order valence-corrected chi connectivity index (χ4v) is 2.86. The fourth-order valence-electron chi connectivity index (χ4n) is 2.34. The van der Waals surface area contributed by atoms with Crippen molar-refractivity contribution >= 4 is 34.0 Å². The Balaban J connectivity index is 3.11. The molecular weight excluding hydrogens is 239 g/mol. The molecule has 0 atom stereocenters. The van der Waals surface area contributed by atoms with Gasteiger partial charge in [-0.2, -0.15) is 0 Å². The van der Waals surface area contributed by atoms with E-state index in [4.69, 9.17) is 23.2 Å². The zero-order valence-corrected chi connectivity index (χ0v) is 11.4. The maximum Gasteiger partial charge on any atom is 0.0444 e. The van der Waals surface area contributed by atoms with Gasteiger partial charge in [0.15, 0.2) is 0 Å². The Kier molecular flexibility index (Phi) is 2.90. The second-order valence-electron chi connectivity index (χ2n) is 4.35. The molecule has 0 nitrogen and oxygen atoms in total. The highest BCUT2D eigenvalue weighted by molar-refractivity contribution is 6.34. The minimum absolute atomic E-state index is 0.815. The minimum Gasteiger partial charge on any atom is -0.0840 e. The molecule has 0 amide bonds. The zero-order chi connectivity index (χ0) is 12.0. The van der Waals surface area contributed by atoms with Gasteiger partial charge < -0.3 is 0 Å². The normalized spacial score (nSPS) is 11.1. The van der Waals surface area contributed by atoms with Crippen LogP contribution in [0.2, 0.25) is 10.0 Å². The Hall–Kier alpha value is -0.720. The van der Waals surface area contributed by atoms with E-state index in [0.29, 0.717) is 0 Å². The molecule has 0 aliphatic heterocycles. The molecule has 0 unspecified atom stereocenters. The van der Waals surface area contributed by atoms with Crippen LogP contribution in [0.3, 0.4) is 0 Å². The summed E-state index contributed by atoms with van der Waals surface area (Å²) in [5.41, 5.74) is 4.65. The third-order valence-electron chi connectivity index (χ3n) is 3.19. The monoisotopic (exact) mass is 252 g/mol. The highest BCUT2D eigenvalue weighted by atomic mass is 35.5. The molecule has 0 aromatic heterocycles. The maximum absolute atomic E-state index is 6.23. The molecule has 16 heavy (non-hydrogen) atoms. The van der Waals surface area contributed by atoms with Gasteiger partial charge in [0.1, 0.15) is 0 Å². The fraction of sp³-hybridized carbons (Fsp3) is 0.286. The van der Waals surface area contributed by atoms with Crippen molar-refractivity contribution in [1.82, 2.24) is 0 Å². The average Bonchev–Trinajstić information content (AvgIpc) is 2.20. The van der Waals surface area contributed by atoms with Gasteiger partial charge in [-0.3, -0.25) is 0 Å². The van der Waals surface area contributed by atoms with E-state index in [1.807, 2.05) is 26.0 Å². The van der Waals surface area contributed by atoms with E-state index in [2.05, 4.69) is 13.8 Å². The van der Waals surface area contributed by atoms with Crippen LogP contribution in [0.1, 0.15) is 22.3 Å². The number of hydrogen-bond donors (Lipinski definition) is 0. The summed E-state index contributed by atoms with van der Waals surface area (Å²) in [7, 11) is 0. The van der Waals surface area contributed by atoms with Crippen LogP contribution in [-0.4, -0.2) is 0 Å². The molecule has 0 heterocycles. The maximum atomic E-state index is 6.23. The second-order valence-corrected chi connectivity index (χ2v) is 5.16. The van der Waals surface area contributed by atoms with Gasteiger partial charge in [-0.1, -0.05) is 23.2 Å². The predicted octanol–water partition coefficient (Wildman–Crippen LogP) is 5.38. The number of aryl methyl sites for hydroxylation is 4. The summed E-state index contributed by atoms with van der Waals surface area (Å²) in [6, 6.07) is 4.05. The van der Waals surface area contributed by atoms with Crippen LogP contribution < -0.4 is 0 Å². The van der Waals surface area contributed by atoms with Crippen LogP contribution in [0.25, 0.3) is 10.8 Å². The molecule has 0 fully saturated rings. The molecule has 2 rings (SSSR count). The van der Waals surface area contributed by atoms with Crippen LogP contribution in [-0.2, 0) is 0 Å². The van der Waals surface area contributed by atoms with Crippen molar-refractivity contribution in [2.24, 2.45) is 0 Å². The van der Waals surface area contributed by atoms with E-state index in [0.717, 1.165) is 21.2 Å². The molecule has 0 spiro atoms. The van der Waals surface area contributed by atoms with Crippen molar-refractivity contribution in [1.29, 1.82) is 0 Å². The summed E-state index contributed by atoms with van der Waals surface area (Å²) in [6.07, 6.45) is 0. The van der Waals surface area contributed by atoms with Crippen molar-refractivity contribution < 1.29 is 0 Å². The first-order chi connectivity index (χ1) is 7.43. The summed E-state index contributed by atoms with van der Waals surface area (Å²) < 4.78 is 0. The summed E-state index contributed by atoms with van der Waals surface area (Å²) in [6.45, 7) is 8.28. The minimum atomic E-state index is 0.815. The summed E-state index contributed by atoms with van der Waals surface area (Å²) in [5.74, 6) is 0. The molecule has 0 aliphatic rings. The SMILES string of the molecule is Cc1cc(Cl)c(C)c2c(C)c(Cl)cc(C)c12. The number of rotatable bonds is 0. The van der Waals surface area contributed by atoms with E-state index in [1.54, 1.807) is 0 Å². The second kappa shape index (κ2) is 3.94. The van der Waals surface area contributed by atoms with Crippen LogP contribution >= 0.6 is 23.2 Å². The Morgan fingerprint density at radius 3 is 1.44 bits per heavy atom. The van der Waals surface area contributed by atoms with E-state index < -0.39 is 0 Å². The van der Waals surface area contributed by atoms with Crippen LogP contribution in [0.5, 0.6) is 0 Å². The largest absolute Gasteiger partial charge is 0.0840 e. The van der Waals surface area contributed by atoms with Gasteiger partial charge in [0.05, 0.1) is 0 Å². The molecule has 2 aromatic rings. The topological polar surface area (TPSA) is 0 Å². The highest BCUT2D eigenvalue weighted by Crippen LogP contribution is 2.36. The lowest BCUT2D eigenvalue weighted by atomic mass is 9.94. The van der Waals surface area contributed by atoms with Gasteiger partial charge in [-0.25, -0.2) is 0 Å². The van der Waals surface area contributed by atoms with Crippen LogP contribution in [0, 0.1) is 27.7 Å². The van der Waals surface area contributed by atoms with Crippen molar-refractivity contribution in [2.45, 2.75) is 27.7 Å². The molecule has 2 heteroatoms. The number of fused-ring (bicyclic) bond motifs is 1. The van der Waals surface area contributed by atoms with Gasteiger partial charge in [-0.15, -0.1) is 0 Å². The van der Waals surface area contributed by atoms with Crippen LogP contribution in [0.4, 0.5) is 0 Å². The van der Waals surface area contributed by atoms with Gasteiger partial charge in [0, 0.05) is 10.0 Å². The molecular formula is C14H14Cl2. The first-order valence-corrected chi connectivity index (χ1v) is 6.04.